The van der Waals surface area contributed by atoms with Crippen molar-refractivity contribution in [3.8, 4) is 0 Å². The van der Waals surface area contributed by atoms with Gasteiger partial charge in [0.05, 0.1) is 12.5 Å². The van der Waals surface area contributed by atoms with E-state index in [0.717, 1.165) is 39.1 Å². The van der Waals surface area contributed by atoms with Crippen LogP contribution in [0.25, 0.3) is 0 Å². The minimum absolute atomic E-state index is 0.174. The van der Waals surface area contributed by atoms with Crippen molar-refractivity contribution in [3.05, 3.63) is 0 Å². The molecule has 0 radical (unpaired) electrons. The average Bonchev–Trinajstić information content (AvgIpc) is 2.78. The first-order valence-corrected chi connectivity index (χ1v) is 5.73. The number of carbonyl (C=O) groups is 1. The van der Waals surface area contributed by atoms with Crippen molar-refractivity contribution in [2.75, 3.05) is 26.3 Å². The molecule has 0 aromatic rings. The Kier molecular flexibility index (Phi) is 3.26. The van der Waals surface area contributed by atoms with Crippen LogP contribution in [0.1, 0.15) is 19.8 Å². The van der Waals surface area contributed by atoms with Gasteiger partial charge in [-0.25, -0.2) is 0 Å². The number of carboxylic acids is 1. The van der Waals surface area contributed by atoms with Gasteiger partial charge in [0.15, 0.2) is 0 Å². The number of hydrogen-bond donors (Lipinski definition) is 1. The second-order valence-corrected chi connectivity index (χ2v) is 4.70. The standard InChI is InChI=1S/C11H19NO3/c1-8-10(11(13)14)2-4-12(8)6-9-3-5-15-7-9/h8-10H,2-7H2,1H3,(H,13,14). The lowest BCUT2D eigenvalue weighted by atomic mass is 10.0. The van der Waals surface area contributed by atoms with Crippen LogP contribution in [0.3, 0.4) is 0 Å². The van der Waals surface area contributed by atoms with Crippen LogP contribution in [0.15, 0.2) is 0 Å². The van der Waals surface area contributed by atoms with Crippen LogP contribution in [0.4, 0.5) is 0 Å². The number of nitrogens with zero attached hydrogens (tertiary/aromatic N) is 1. The van der Waals surface area contributed by atoms with Crippen LogP contribution >= 0.6 is 0 Å². The van der Waals surface area contributed by atoms with Crippen LogP contribution < -0.4 is 0 Å². The molecule has 0 amide bonds. The van der Waals surface area contributed by atoms with Gasteiger partial charge in [-0.3, -0.25) is 9.69 Å². The predicted molar refractivity (Wildman–Crippen MR) is 55.7 cm³/mol. The highest BCUT2D eigenvalue weighted by Gasteiger charge is 2.36. The van der Waals surface area contributed by atoms with Gasteiger partial charge in [-0.1, -0.05) is 0 Å². The molecular formula is C11H19NO3. The third kappa shape index (κ3) is 2.32. The second kappa shape index (κ2) is 4.49. The maximum Gasteiger partial charge on any atom is 0.308 e. The van der Waals surface area contributed by atoms with Crippen molar-refractivity contribution < 1.29 is 14.6 Å². The van der Waals surface area contributed by atoms with Gasteiger partial charge < -0.3 is 9.84 Å². The monoisotopic (exact) mass is 213 g/mol. The van der Waals surface area contributed by atoms with Gasteiger partial charge in [0.1, 0.15) is 0 Å². The molecule has 0 spiro atoms. The summed E-state index contributed by atoms with van der Waals surface area (Å²) in [6, 6.07) is 0.183. The van der Waals surface area contributed by atoms with Gasteiger partial charge in [-0.05, 0) is 32.2 Å². The van der Waals surface area contributed by atoms with Gasteiger partial charge in [0, 0.05) is 19.2 Å². The lowest BCUT2D eigenvalue weighted by Gasteiger charge is -2.25. The van der Waals surface area contributed by atoms with E-state index in [-0.39, 0.29) is 12.0 Å². The summed E-state index contributed by atoms with van der Waals surface area (Å²) < 4.78 is 5.33. The van der Waals surface area contributed by atoms with Crippen LogP contribution in [0.5, 0.6) is 0 Å². The molecule has 86 valence electrons. The summed E-state index contributed by atoms with van der Waals surface area (Å²) in [5, 5.41) is 9.01. The number of carboxylic acid groups (broad SMARTS) is 1. The molecule has 4 nitrogen and oxygen atoms in total. The molecule has 2 aliphatic heterocycles. The number of ether oxygens (including phenoxy) is 1. The molecule has 2 saturated heterocycles. The van der Waals surface area contributed by atoms with E-state index in [1.165, 1.54) is 0 Å². The lowest BCUT2D eigenvalue weighted by Crippen LogP contribution is -2.36. The summed E-state index contributed by atoms with van der Waals surface area (Å²) in [5.41, 5.74) is 0. The van der Waals surface area contributed by atoms with Gasteiger partial charge in [0.2, 0.25) is 0 Å². The average molecular weight is 213 g/mol. The summed E-state index contributed by atoms with van der Waals surface area (Å²) in [6.45, 7) is 5.68. The quantitative estimate of drug-likeness (QED) is 0.754. The van der Waals surface area contributed by atoms with Crippen LogP contribution in [-0.4, -0.2) is 48.3 Å². The lowest BCUT2D eigenvalue weighted by molar-refractivity contribution is -0.142. The predicted octanol–water partition coefficient (Wildman–Crippen LogP) is 0.818. The molecule has 0 aliphatic carbocycles. The topological polar surface area (TPSA) is 49.8 Å². The summed E-state index contributed by atoms with van der Waals surface area (Å²) in [5.74, 6) is -0.208. The summed E-state index contributed by atoms with van der Waals surface area (Å²) in [6.07, 6.45) is 1.92. The van der Waals surface area contributed by atoms with E-state index < -0.39 is 5.97 Å². The Morgan fingerprint density at radius 3 is 2.87 bits per heavy atom. The van der Waals surface area contributed by atoms with E-state index in [4.69, 9.17) is 9.84 Å². The zero-order valence-electron chi connectivity index (χ0n) is 9.19. The molecule has 0 aromatic heterocycles. The third-order valence-corrected chi connectivity index (χ3v) is 3.72. The van der Waals surface area contributed by atoms with E-state index in [0.29, 0.717) is 5.92 Å². The first kappa shape index (κ1) is 10.9. The van der Waals surface area contributed by atoms with Crippen LogP contribution in [0, 0.1) is 11.8 Å². The van der Waals surface area contributed by atoms with Crippen molar-refractivity contribution in [1.29, 1.82) is 0 Å². The number of hydrogen-bond acceptors (Lipinski definition) is 3. The molecule has 3 unspecified atom stereocenters. The van der Waals surface area contributed by atoms with Crippen molar-refractivity contribution in [1.82, 2.24) is 4.90 Å². The molecule has 3 atom stereocenters. The van der Waals surface area contributed by atoms with Gasteiger partial charge in [-0.2, -0.15) is 0 Å². The smallest absolute Gasteiger partial charge is 0.308 e. The van der Waals surface area contributed by atoms with Crippen molar-refractivity contribution in [2.45, 2.75) is 25.8 Å². The molecule has 0 saturated carbocycles. The highest BCUT2D eigenvalue weighted by molar-refractivity contribution is 5.71. The number of rotatable bonds is 3. The SMILES string of the molecule is CC1C(C(=O)O)CCN1CC1CCOC1. The fraction of sp³-hybridized carbons (Fsp3) is 0.909. The van der Waals surface area contributed by atoms with Crippen LogP contribution in [-0.2, 0) is 9.53 Å². The van der Waals surface area contributed by atoms with Gasteiger partial charge >= 0.3 is 5.97 Å². The Morgan fingerprint density at radius 2 is 2.33 bits per heavy atom. The van der Waals surface area contributed by atoms with Gasteiger partial charge in [-0.15, -0.1) is 0 Å². The second-order valence-electron chi connectivity index (χ2n) is 4.70. The molecular weight excluding hydrogens is 194 g/mol. The van der Waals surface area contributed by atoms with Crippen molar-refractivity contribution in [3.63, 3.8) is 0 Å². The minimum atomic E-state index is -0.646. The first-order valence-electron chi connectivity index (χ1n) is 5.73. The van der Waals surface area contributed by atoms with E-state index in [2.05, 4.69) is 4.90 Å². The largest absolute Gasteiger partial charge is 0.481 e. The molecule has 2 rings (SSSR count). The fourth-order valence-corrected chi connectivity index (χ4v) is 2.65. The molecule has 2 heterocycles. The van der Waals surface area contributed by atoms with E-state index >= 15 is 0 Å². The zero-order valence-corrected chi connectivity index (χ0v) is 9.19. The van der Waals surface area contributed by atoms with E-state index in [1.807, 2.05) is 6.92 Å². The Labute approximate surface area is 90.2 Å². The summed E-state index contributed by atoms with van der Waals surface area (Å²) in [4.78, 5) is 13.2. The summed E-state index contributed by atoms with van der Waals surface area (Å²) in [7, 11) is 0. The third-order valence-electron chi connectivity index (χ3n) is 3.72. The van der Waals surface area contributed by atoms with Gasteiger partial charge in [0.25, 0.3) is 0 Å². The van der Waals surface area contributed by atoms with Crippen LogP contribution in [0.2, 0.25) is 0 Å². The van der Waals surface area contributed by atoms with Crippen molar-refractivity contribution >= 4 is 5.97 Å². The Balaban J connectivity index is 1.86. The fourth-order valence-electron chi connectivity index (χ4n) is 2.65. The maximum absolute atomic E-state index is 10.9. The molecule has 4 heteroatoms. The Bertz CT molecular complexity index is 238. The minimum Gasteiger partial charge on any atom is -0.481 e. The molecule has 1 N–H and O–H groups in total. The number of likely N-dealkylation sites (tertiary alicyclic amines) is 1. The normalized spacial score (nSPS) is 37.3. The highest BCUT2D eigenvalue weighted by Crippen LogP contribution is 2.26. The molecule has 15 heavy (non-hydrogen) atoms. The maximum atomic E-state index is 10.9. The molecule has 2 fully saturated rings. The first-order chi connectivity index (χ1) is 7.18. The zero-order chi connectivity index (χ0) is 10.8. The molecule has 0 aromatic carbocycles. The van der Waals surface area contributed by atoms with Crippen molar-refractivity contribution in [2.24, 2.45) is 11.8 Å². The highest BCUT2D eigenvalue weighted by atomic mass is 16.5. The summed E-state index contributed by atoms with van der Waals surface area (Å²) >= 11 is 0. The molecule has 0 bridgehead atoms. The number of aliphatic carboxylic acids is 1. The molecule has 2 aliphatic rings. The van der Waals surface area contributed by atoms with E-state index in [9.17, 15) is 4.79 Å². The Hall–Kier alpha value is -0.610. The van der Waals surface area contributed by atoms with E-state index in [1.54, 1.807) is 0 Å². The Morgan fingerprint density at radius 1 is 1.53 bits per heavy atom.